The number of hydrogen-bond acceptors (Lipinski definition) is 4. The van der Waals surface area contributed by atoms with Gasteiger partial charge in [0.05, 0.1) is 4.90 Å². The molecule has 2 N–H and O–H groups in total. The summed E-state index contributed by atoms with van der Waals surface area (Å²) < 4.78 is 26.6. The van der Waals surface area contributed by atoms with Gasteiger partial charge in [0.25, 0.3) is 5.91 Å². The third-order valence-electron chi connectivity index (χ3n) is 4.58. The van der Waals surface area contributed by atoms with Crippen molar-refractivity contribution in [3.8, 4) is 0 Å². The van der Waals surface area contributed by atoms with Crippen molar-refractivity contribution in [2.45, 2.75) is 42.5 Å². The summed E-state index contributed by atoms with van der Waals surface area (Å²) in [7, 11) is -3.53. The van der Waals surface area contributed by atoms with Gasteiger partial charge in [0.2, 0.25) is 10.0 Å². The highest BCUT2D eigenvalue weighted by Crippen LogP contribution is 2.35. The molecular formula is C16H20N2O5S. The van der Waals surface area contributed by atoms with E-state index in [9.17, 15) is 18.0 Å². The second kappa shape index (κ2) is 6.18. The number of sulfonamides is 1. The quantitative estimate of drug-likeness (QED) is 0.829. The Kier molecular flexibility index (Phi) is 4.35. The number of benzene rings is 1. The average molecular weight is 352 g/mol. The van der Waals surface area contributed by atoms with Gasteiger partial charge in [-0.05, 0) is 49.9 Å². The number of piperidine rings is 1. The second-order valence-electron chi connectivity index (χ2n) is 6.33. The molecule has 24 heavy (non-hydrogen) atoms. The molecule has 1 saturated heterocycles. The minimum atomic E-state index is -3.53. The lowest BCUT2D eigenvalue weighted by Gasteiger charge is -2.25. The molecule has 0 unspecified atom stereocenters. The van der Waals surface area contributed by atoms with Crippen molar-refractivity contribution in [1.82, 2.24) is 9.62 Å². The molecule has 0 aromatic heterocycles. The van der Waals surface area contributed by atoms with Gasteiger partial charge in [0.15, 0.2) is 0 Å². The van der Waals surface area contributed by atoms with E-state index in [0.29, 0.717) is 25.9 Å². The van der Waals surface area contributed by atoms with E-state index in [1.54, 1.807) is 0 Å². The molecular weight excluding hydrogens is 332 g/mol. The number of carboxylic acids is 1. The van der Waals surface area contributed by atoms with E-state index in [1.165, 1.54) is 28.6 Å². The second-order valence-corrected chi connectivity index (χ2v) is 8.27. The van der Waals surface area contributed by atoms with Crippen molar-refractivity contribution in [2.75, 3.05) is 13.1 Å². The smallest absolute Gasteiger partial charge is 0.329 e. The van der Waals surface area contributed by atoms with Gasteiger partial charge in [-0.2, -0.15) is 4.31 Å². The fourth-order valence-corrected chi connectivity index (χ4v) is 4.36. The van der Waals surface area contributed by atoms with Crippen molar-refractivity contribution in [1.29, 1.82) is 0 Å². The maximum absolute atomic E-state index is 12.5. The van der Waals surface area contributed by atoms with Crippen molar-refractivity contribution in [2.24, 2.45) is 0 Å². The number of amides is 1. The number of carbonyl (C=O) groups excluding carboxylic acids is 1. The molecule has 7 nitrogen and oxygen atoms in total. The maximum Gasteiger partial charge on any atom is 0.329 e. The van der Waals surface area contributed by atoms with E-state index in [4.69, 9.17) is 5.11 Å². The summed E-state index contributed by atoms with van der Waals surface area (Å²) in [4.78, 5) is 23.4. The molecule has 1 aliphatic heterocycles. The largest absolute Gasteiger partial charge is 0.480 e. The molecule has 2 fully saturated rings. The van der Waals surface area contributed by atoms with Crippen LogP contribution in [0.5, 0.6) is 0 Å². The van der Waals surface area contributed by atoms with Crippen LogP contribution < -0.4 is 5.32 Å². The minimum Gasteiger partial charge on any atom is -0.480 e. The summed E-state index contributed by atoms with van der Waals surface area (Å²) in [5, 5.41) is 11.6. The Balaban J connectivity index is 1.73. The standard InChI is InChI=1S/C16H20N2O5S/c19-14(17-16(8-9-16)15(20)21)12-4-6-13(7-5-12)24(22,23)18-10-2-1-3-11-18/h4-7H,1-3,8-11H2,(H,17,19)(H,20,21). The third kappa shape index (κ3) is 3.16. The Morgan fingerprint density at radius 3 is 2.12 bits per heavy atom. The molecule has 130 valence electrons. The van der Waals surface area contributed by atoms with E-state index in [1.807, 2.05) is 0 Å². The zero-order valence-electron chi connectivity index (χ0n) is 13.2. The van der Waals surface area contributed by atoms with E-state index < -0.39 is 27.4 Å². The Morgan fingerprint density at radius 2 is 1.62 bits per heavy atom. The monoisotopic (exact) mass is 352 g/mol. The van der Waals surface area contributed by atoms with Crippen LogP contribution in [0.1, 0.15) is 42.5 Å². The SMILES string of the molecule is O=C(NC1(C(=O)O)CC1)c1ccc(S(=O)(=O)N2CCCCC2)cc1. The molecule has 1 amide bonds. The predicted molar refractivity (Wildman–Crippen MR) is 86.1 cm³/mol. The minimum absolute atomic E-state index is 0.153. The number of rotatable bonds is 5. The van der Waals surface area contributed by atoms with E-state index in [0.717, 1.165) is 19.3 Å². The van der Waals surface area contributed by atoms with Crippen LogP contribution in [0, 0.1) is 0 Å². The first-order valence-corrected chi connectivity index (χ1v) is 9.45. The molecule has 1 saturated carbocycles. The Labute approximate surface area is 140 Å². The van der Waals surface area contributed by atoms with Crippen molar-refractivity contribution in [3.05, 3.63) is 29.8 Å². The zero-order chi connectivity index (χ0) is 17.4. The van der Waals surface area contributed by atoms with Gasteiger partial charge in [0.1, 0.15) is 5.54 Å². The third-order valence-corrected chi connectivity index (χ3v) is 6.49. The average Bonchev–Trinajstić information content (AvgIpc) is 3.37. The van der Waals surface area contributed by atoms with Crippen molar-refractivity contribution >= 4 is 21.9 Å². The summed E-state index contributed by atoms with van der Waals surface area (Å²) in [5.41, 5.74) is -0.907. The molecule has 2 aliphatic rings. The first kappa shape index (κ1) is 16.9. The van der Waals surface area contributed by atoms with Crippen molar-refractivity contribution in [3.63, 3.8) is 0 Å². The molecule has 0 radical (unpaired) electrons. The molecule has 1 aliphatic carbocycles. The molecule has 1 heterocycles. The van der Waals surface area contributed by atoms with Gasteiger partial charge in [-0.25, -0.2) is 13.2 Å². The molecule has 8 heteroatoms. The number of aliphatic carboxylic acids is 1. The van der Waals surface area contributed by atoms with Gasteiger partial charge < -0.3 is 10.4 Å². The maximum atomic E-state index is 12.5. The van der Waals surface area contributed by atoms with Gasteiger partial charge >= 0.3 is 5.97 Å². The van der Waals surface area contributed by atoms with E-state index >= 15 is 0 Å². The van der Waals surface area contributed by atoms with Gasteiger partial charge in [-0.1, -0.05) is 6.42 Å². The Morgan fingerprint density at radius 1 is 1.04 bits per heavy atom. The Bertz CT molecular complexity index is 747. The lowest BCUT2D eigenvalue weighted by atomic mass is 10.2. The van der Waals surface area contributed by atoms with Crippen LogP contribution in [0.4, 0.5) is 0 Å². The van der Waals surface area contributed by atoms with Gasteiger partial charge in [-0.15, -0.1) is 0 Å². The van der Waals surface area contributed by atoms with Gasteiger partial charge in [-0.3, -0.25) is 4.79 Å². The summed E-state index contributed by atoms with van der Waals surface area (Å²) in [6, 6.07) is 5.65. The highest BCUT2D eigenvalue weighted by molar-refractivity contribution is 7.89. The molecule has 0 spiro atoms. The van der Waals surface area contributed by atoms with Crippen LogP contribution in [0.15, 0.2) is 29.2 Å². The van der Waals surface area contributed by atoms with Crippen LogP contribution in [0.2, 0.25) is 0 Å². The molecule has 1 aromatic rings. The van der Waals surface area contributed by atoms with E-state index in [-0.39, 0.29) is 10.5 Å². The normalized spacial score (nSPS) is 20.3. The summed E-state index contributed by atoms with van der Waals surface area (Å²) >= 11 is 0. The number of carbonyl (C=O) groups is 2. The first-order chi connectivity index (χ1) is 11.3. The molecule has 1 aromatic carbocycles. The number of hydrogen-bond donors (Lipinski definition) is 2. The molecule has 0 atom stereocenters. The number of nitrogens with one attached hydrogen (secondary N) is 1. The zero-order valence-corrected chi connectivity index (χ0v) is 14.0. The molecule has 0 bridgehead atoms. The fourth-order valence-electron chi connectivity index (χ4n) is 2.84. The Hall–Kier alpha value is -1.93. The lowest BCUT2D eigenvalue weighted by Crippen LogP contribution is -2.43. The summed E-state index contributed by atoms with van der Waals surface area (Å²) in [5.74, 6) is -1.54. The molecule has 3 rings (SSSR count). The highest BCUT2D eigenvalue weighted by atomic mass is 32.2. The summed E-state index contributed by atoms with van der Waals surface area (Å²) in [6.45, 7) is 1.04. The predicted octanol–water partition coefficient (Wildman–Crippen LogP) is 1.21. The van der Waals surface area contributed by atoms with Crippen LogP contribution in [-0.2, 0) is 14.8 Å². The highest BCUT2D eigenvalue weighted by Gasteiger charge is 2.51. The van der Waals surface area contributed by atoms with E-state index in [2.05, 4.69) is 5.32 Å². The number of nitrogens with zero attached hydrogens (tertiary/aromatic N) is 1. The topological polar surface area (TPSA) is 104 Å². The lowest BCUT2D eigenvalue weighted by molar-refractivity contribution is -0.140. The van der Waals surface area contributed by atoms with Crippen LogP contribution in [0.25, 0.3) is 0 Å². The van der Waals surface area contributed by atoms with Crippen molar-refractivity contribution < 1.29 is 23.1 Å². The van der Waals surface area contributed by atoms with Gasteiger partial charge in [0, 0.05) is 18.7 Å². The first-order valence-electron chi connectivity index (χ1n) is 8.01. The van der Waals surface area contributed by atoms with Crippen LogP contribution in [-0.4, -0.2) is 48.3 Å². The van der Waals surface area contributed by atoms with Crippen LogP contribution >= 0.6 is 0 Å². The number of carboxylic acid groups (broad SMARTS) is 1. The summed E-state index contributed by atoms with van der Waals surface area (Å²) in [6.07, 6.45) is 3.58. The van der Waals surface area contributed by atoms with Crippen LogP contribution in [0.3, 0.4) is 0 Å². The fraction of sp³-hybridized carbons (Fsp3) is 0.500.